The minimum atomic E-state index is -0.843. The molecule has 0 atom stereocenters. The Kier molecular flexibility index (Phi) is 6.54. The zero-order chi connectivity index (χ0) is 22.8. The molecule has 4 rings (SSSR count). The molecule has 0 fully saturated rings. The highest BCUT2D eigenvalue weighted by molar-refractivity contribution is 7.99. The molecule has 4 aromatic rings. The van der Waals surface area contributed by atoms with Crippen LogP contribution in [0.1, 0.15) is 5.56 Å². The largest absolute Gasteiger partial charge is 0.351 e. The first kappa shape index (κ1) is 22.4. The minimum Gasteiger partial charge on any atom is -0.351 e. The molecule has 2 heterocycles. The Morgan fingerprint density at radius 1 is 1.12 bits per heavy atom. The van der Waals surface area contributed by atoms with Crippen LogP contribution in [0.25, 0.3) is 15.9 Å². The fraction of sp³-hybridized carbons (Fsp3) is 0.0952. The standard InChI is InChI=1S/C21H13ClF3N3O2S2/c22-15-5-11(1-2-16(15)25)9-26-18(29)10-32-21-27-17-3-4-31-19(17)20(30)28(21)14-7-12(23)6-13(24)8-14/h1-8H,9-10H2,(H,26,29). The van der Waals surface area contributed by atoms with Crippen LogP contribution in [-0.2, 0) is 11.3 Å². The smallest absolute Gasteiger partial charge is 0.276 e. The summed E-state index contributed by atoms with van der Waals surface area (Å²) in [5.74, 6) is -2.74. The van der Waals surface area contributed by atoms with Crippen LogP contribution in [0.3, 0.4) is 0 Å². The highest BCUT2D eigenvalue weighted by atomic mass is 35.5. The Morgan fingerprint density at radius 2 is 1.88 bits per heavy atom. The Labute approximate surface area is 192 Å². The van der Waals surface area contributed by atoms with E-state index in [1.54, 1.807) is 11.4 Å². The van der Waals surface area contributed by atoms with Crippen LogP contribution >= 0.6 is 34.7 Å². The van der Waals surface area contributed by atoms with E-state index in [0.29, 0.717) is 21.8 Å². The maximum absolute atomic E-state index is 13.8. The molecule has 1 N–H and O–H groups in total. The second kappa shape index (κ2) is 9.35. The molecule has 0 radical (unpaired) electrons. The summed E-state index contributed by atoms with van der Waals surface area (Å²) in [6.45, 7) is 0.123. The van der Waals surface area contributed by atoms with Crippen molar-refractivity contribution in [2.75, 3.05) is 5.75 Å². The number of nitrogens with zero attached hydrogens (tertiary/aromatic N) is 2. The van der Waals surface area contributed by atoms with Crippen molar-refractivity contribution in [1.29, 1.82) is 0 Å². The molecule has 164 valence electrons. The second-order valence-electron chi connectivity index (χ2n) is 6.61. The highest BCUT2D eigenvalue weighted by Gasteiger charge is 2.17. The van der Waals surface area contributed by atoms with Gasteiger partial charge in [-0.05, 0) is 41.3 Å². The summed E-state index contributed by atoms with van der Waals surface area (Å²) < 4.78 is 42.2. The summed E-state index contributed by atoms with van der Waals surface area (Å²) in [4.78, 5) is 29.7. The van der Waals surface area contributed by atoms with Crippen LogP contribution in [-0.4, -0.2) is 21.2 Å². The van der Waals surface area contributed by atoms with E-state index in [1.165, 1.54) is 18.2 Å². The fourth-order valence-electron chi connectivity index (χ4n) is 2.92. The Balaban J connectivity index is 1.57. The van der Waals surface area contributed by atoms with Gasteiger partial charge in [0, 0.05) is 12.6 Å². The van der Waals surface area contributed by atoms with Crippen molar-refractivity contribution in [3.8, 4) is 5.69 Å². The predicted molar refractivity (Wildman–Crippen MR) is 119 cm³/mol. The summed E-state index contributed by atoms with van der Waals surface area (Å²) in [7, 11) is 0. The lowest BCUT2D eigenvalue weighted by Crippen LogP contribution is -2.26. The lowest BCUT2D eigenvalue weighted by atomic mass is 10.2. The summed E-state index contributed by atoms with van der Waals surface area (Å²) in [5, 5.41) is 4.42. The topological polar surface area (TPSA) is 64.0 Å². The van der Waals surface area contributed by atoms with E-state index in [0.717, 1.165) is 39.8 Å². The number of benzene rings is 2. The van der Waals surface area contributed by atoms with Crippen molar-refractivity contribution in [1.82, 2.24) is 14.9 Å². The van der Waals surface area contributed by atoms with Crippen molar-refractivity contribution in [3.63, 3.8) is 0 Å². The lowest BCUT2D eigenvalue weighted by Gasteiger charge is -2.12. The van der Waals surface area contributed by atoms with E-state index in [-0.39, 0.29) is 34.1 Å². The first-order valence-electron chi connectivity index (χ1n) is 9.12. The molecular weight excluding hydrogens is 483 g/mol. The van der Waals surface area contributed by atoms with Gasteiger partial charge in [0.25, 0.3) is 5.56 Å². The molecule has 0 bridgehead atoms. The number of thioether (sulfide) groups is 1. The number of thiophene rings is 1. The number of carbonyl (C=O) groups excluding carboxylic acids is 1. The van der Waals surface area contributed by atoms with Gasteiger partial charge in [-0.3, -0.25) is 14.2 Å². The number of rotatable bonds is 6. The number of aromatic nitrogens is 2. The second-order valence-corrected chi connectivity index (χ2v) is 8.88. The van der Waals surface area contributed by atoms with Crippen molar-refractivity contribution >= 4 is 50.8 Å². The van der Waals surface area contributed by atoms with E-state index in [9.17, 15) is 22.8 Å². The van der Waals surface area contributed by atoms with Gasteiger partial charge in [0.1, 0.15) is 22.2 Å². The van der Waals surface area contributed by atoms with Crippen LogP contribution in [0.5, 0.6) is 0 Å². The normalized spacial score (nSPS) is 11.1. The van der Waals surface area contributed by atoms with E-state index >= 15 is 0 Å². The Bertz CT molecular complexity index is 1370. The molecule has 1 amide bonds. The molecule has 0 aliphatic heterocycles. The van der Waals surface area contributed by atoms with Gasteiger partial charge in [-0.25, -0.2) is 18.2 Å². The molecule has 11 heteroatoms. The maximum atomic E-state index is 13.8. The van der Waals surface area contributed by atoms with Crippen LogP contribution in [0, 0.1) is 17.5 Å². The third kappa shape index (κ3) is 4.82. The molecule has 0 spiro atoms. The molecular formula is C21H13ClF3N3O2S2. The van der Waals surface area contributed by atoms with E-state index in [4.69, 9.17) is 11.6 Å². The minimum absolute atomic E-state index is 0.0286. The van der Waals surface area contributed by atoms with Gasteiger partial charge in [-0.1, -0.05) is 29.4 Å². The zero-order valence-electron chi connectivity index (χ0n) is 16.1. The molecule has 2 aromatic heterocycles. The molecule has 0 aliphatic carbocycles. The van der Waals surface area contributed by atoms with Gasteiger partial charge < -0.3 is 5.32 Å². The van der Waals surface area contributed by atoms with Crippen LogP contribution < -0.4 is 10.9 Å². The summed E-state index contributed by atoms with van der Waals surface area (Å²) >= 11 is 7.85. The Morgan fingerprint density at radius 3 is 2.59 bits per heavy atom. The maximum Gasteiger partial charge on any atom is 0.276 e. The number of carbonyl (C=O) groups is 1. The quantitative estimate of drug-likeness (QED) is 0.304. The molecule has 0 saturated carbocycles. The number of nitrogens with one attached hydrogen (secondary N) is 1. The average molecular weight is 496 g/mol. The first-order valence-corrected chi connectivity index (χ1v) is 11.4. The molecule has 0 unspecified atom stereocenters. The summed E-state index contributed by atoms with van der Waals surface area (Å²) in [6, 6.07) is 8.51. The number of hydrogen-bond acceptors (Lipinski definition) is 5. The fourth-order valence-corrected chi connectivity index (χ4v) is 4.72. The monoisotopic (exact) mass is 495 g/mol. The van der Waals surface area contributed by atoms with Gasteiger partial charge in [-0.15, -0.1) is 11.3 Å². The van der Waals surface area contributed by atoms with Crippen molar-refractivity contribution < 1.29 is 18.0 Å². The van der Waals surface area contributed by atoms with Gasteiger partial charge in [0.15, 0.2) is 5.16 Å². The predicted octanol–water partition coefficient (Wildman–Crippen LogP) is 4.93. The van der Waals surface area contributed by atoms with E-state index in [1.807, 2.05) is 0 Å². The van der Waals surface area contributed by atoms with Crippen molar-refractivity contribution in [2.45, 2.75) is 11.7 Å². The summed E-state index contributed by atoms with van der Waals surface area (Å²) in [5.41, 5.74) is 0.523. The number of hydrogen-bond donors (Lipinski definition) is 1. The Hall–Kier alpha value is -2.82. The van der Waals surface area contributed by atoms with Gasteiger partial charge in [0.2, 0.25) is 5.91 Å². The third-order valence-corrected chi connectivity index (χ3v) is 6.48. The molecule has 2 aromatic carbocycles. The van der Waals surface area contributed by atoms with Gasteiger partial charge >= 0.3 is 0 Å². The third-order valence-electron chi connectivity index (χ3n) is 4.36. The SMILES string of the molecule is O=C(CSc1nc2ccsc2c(=O)n1-c1cc(F)cc(F)c1)NCc1ccc(F)c(Cl)c1. The molecule has 0 saturated heterocycles. The van der Waals surface area contributed by atoms with Crippen molar-refractivity contribution in [3.05, 3.63) is 86.2 Å². The number of fused-ring (bicyclic) bond motifs is 1. The van der Waals surface area contributed by atoms with Gasteiger partial charge in [0.05, 0.1) is 22.0 Å². The van der Waals surface area contributed by atoms with E-state index in [2.05, 4.69) is 10.3 Å². The number of halogens is 4. The van der Waals surface area contributed by atoms with Gasteiger partial charge in [-0.2, -0.15) is 0 Å². The molecule has 5 nitrogen and oxygen atoms in total. The van der Waals surface area contributed by atoms with Crippen LogP contribution in [0.2, 0.25) is 5.02 Å². The van der Waals surface area contributed by atoms with Crippen LogP contribution in [0.15, 0.2) is 57.8 Å². The first-order chi connectivity index (χ1) is 15.3. The molecule has 0 aliphatic rings. The van der Waals surface area contributed by atoms with E-state index < -0.39 is 23.0 Å². The molecule has 32 heavy (non-hydrogen) atoms. The number of amides is 1. The average Bonchev–Trinajstić information content (AvgIpc) is 3.21. The lowest BCUT2D eigenvalue weighted by molar-refractivity contribution is -0.118. The van der Waals surface area contributed by atoms with Crippen LogP contribution in [0.4, 0.5) is 13.2 Å². The highest BCUT2D eigenvalue weighted by Crippen LogP contribution is 2.24. The zero-order valence-corrected chi connectivity index (χ0v) is 18.5. The van der Waals surface area contributed by atoms with Crippen molar-refractivity contribution in [2.24, 2.45) is 0 Å². The summed E-state index contributed by atoms with van der Waals surface area (Å²) in [6.07, 6.45) is 0.